The molecular weight excluding hydrogens is 236 g/mol. The second-order valence-electron chi connectivity index (χ2n) is 4.59. The molecule has 1 fully saturated rings. The van der Waals surface area contributed by atoms with Gasteiger partial charge in [-0.1, -0.05) is 12.5 Å². The van der Waals surface area contributed by atoms with Crippen molar-refractivity contribution in [3.05, 3.63) is 12.7 Å². The number of nitrogens with one attached hydrogen (secondary N) is 1. The van der Waals surface area contributed by atoms with Crippen LogP contribution >= 0.6 is 12.4 Å². The van der Waals surface area contributed by atoms with E-state index >= 15 is 0 Å². The van der Waals surface area contributed by atoms with Gasteiger partial charge in [-0.3, -0.25) is 4.79 Å². The average Bonchev–Trinajstić information content (AvgIpc) is 2.81. The summed E-state index contributed by atoms with van der Waals surface area (Å²) in [6.45, 7) is 6.45. The molecule has 4 heteroatoms. The van der Waals surface area contributed by atoms with Crippen LogP contribution in [0.25, 0.3) is 0 Å². The molecule has 0 bridgehead atoms. The number of carbonyl (C=O) groups is 1. The van der Waals surface area contributed by atoms with Gasteiger partial charge in [0.2, 0.25) is 5.91 Å². The van der Waals surface area contributed by atoms with Crippen LogP contribution in [0.2, 0.25) is 0 Å². The van der Waals surface area contributed by atoms with Gasteiger partial charge < -0.3 is 10.2 Å². The van der Waals surface area contributed by atoms with Crippen molar-refractivity contribution in [2.45, 2.75) is 32.1 Å². The molecule has 1 atom stereocenters. The van der Waals surface area contributed by atoms with Gasteiger partial charge >= 0.3 is 0 Å². The number of rotatable bonds is 7. The Kier molecular flexibility index (Phi) is 9.18. The molecule has 0 aromatic carbocycles. The number of halogens is 1. The summed E-state index contributed by atoms with van der Waals surface area (Å²) >= 11 is 0. The second-order valence-corrected chi connectivity index (χ2v) is 4.59. The van der Waals surface area contributed by atoms with Crippen molar-refractivity contribution >= 4 is 18.3 Å². The lowest BCUT2D eigenvalue weighted by Crippen LogP contribution is -2.34. The van der Waals surface area contributed by atoms with Gasteiger partial charge in [0.1, 0.15) is 0 Å². The van der Waals surface area contributed by atoms with E-state index in [0.29, 0.717) is 5.91 Å². The van der Waals surface area contributed by atoms with Crippen LogP contribution in [0.15, 0.2) is 12.7 Å². The number of hydrogen-bond acceptors (Lipinski definition) is 2. The van der Waals surface area contributed by atoms with Crippen LogP contribution < -0.4 is 5.32 Å². The zero-order chi connectivity index (χ0) is 11.8. The van der Waals surface area contributed by atoms with E-state index in [1.807, 2.05) is 18.0 Å². The number of unbranched alkanes of at least 4 members (excludes halogenated alkanes) is 3. The number of nitrogens with zero attached hydrogens (tertiary/aromatic N) is 1. The molecule has 1 rings (SSSR count). The molecule has 1 saturated heterocycles. The van der Waals surface area contributed by atoms with Crippen molar-refractivity contribution in [1.29, 1.82) is 0 Å². The molecule has 1 aliphatic heterocycles. The Morgan fingerprint density at radius 3 is 2.82 bits per heavy atom. The Hall–Kier alpha value is -0.540. The van der Waals surface area contributed by atoms with Gasteiger partial charge in [-0.15, -0.1) is 19.0 Å². The van der Waals surface area contributed by atoms with Crippen LogP contribution in [0.5, 0.6) is 0 Å². The Morgan fingerprint density at radius 1 is 1.47 bits per heavy atom. The van der Waals surface area contributed by atoms with E-state index < -0.39 is 0 Å². The third-order valence-electron chi connectivity index (χ3n) is 3.19. The van der Waals surface area contributed by atoms with Gasteiger partial charge in [0.05, 0.1) is 5.92 Å². The lowest BCUT2D eigenvalue weighted by molar-refractivity contribution is -0.133. The summed E-state index contributed by atoms with van der Waals surface area (Å²) in [5, 5.41) is 3.23. The van der Waals surface area contributed by atoms with Gasteiger partial charge in [-0.2, -0.15) is 0 Å². The standard InChI is InChI=1S/C13H24N2O.ClH/c1-3-4-5-6-7-10-15(2)13(16)12-8-9-14-11-12;/h3,12,14H,1,4-11H2,2H3;1H. The van der Waals surface area contributed by atoms with Gasteiger partial charge in [0.25, 0.3) is 0 Å². The lowest BCUT2D eigenvalue weighted by Gasteiger charge is -2.20. The van der Waals surface area contributed by atoms with Crippen molar-refractivity contribution in [1.82, 2.24) is 10.2 Å². The first-order chi connectivity index (χ1) is 7.75. The monoisotopic (exact) mass is 260 g/mol. The molecule has 1 amide bonds. The van der Waals surface area contributed by atoms with Crippen molar-refractivity contribution in [2.24, 2.45) is 5.92 Å². The molecule has 1 N–H and O–H groups in total. The molecule has 0 aliphatic carbocycles. The first-order valence-corrected chi connectivity index (χ1v) is 6.32. The number of hydrogen-bond donors (Lipinski definition) is 1. The van der Waals surface area contributed by atoms with Crippen LogP contribution in [-0.2, 0) is 4.79 Å². The Labute approximate surface area is 111 Å². The van der Waals surface area contributed by atoms with Crippen LogP contribution in [0.4, 0.5) is 0 Å². The summed E-state index contributed by atoms with van der Waals surface area (Å²) in [4.78, 5) is 13.8. The first-order valence-electron chi connectivity index (χ1n) is 6.32. The zero-order valence-corrected chi connectivity index (χ0v) is 11.6. The molecule has 17 heavy (non-hydrogen) atoms. The maximum Gasteiger partial charge on any atom is 0.226 e. The highest BCUT2D eigenvalue weighted by atomic mass is 35.5. The smallest absolute Gasteiger partial charge is 0.226 e. The summed E-state index contributed by atoms with van der Waals surface area (Å²) in [5.41, 5.74) is 0. The predicted molar refractivity (Wildman–Crippen MR) is 74.5 cm³/mol. The SMILES string of the molecule is C=CCCCCCN(C)C(=O)C1CCNC1.Cl. The minimum Gasteiger partial charge on any atom is -0.345 e. The van der Waals surface area contributed by atoms with Crippen LogP contribution in [0, 0.1) is 5.92 Å². The van der Waals surface area contributed by atoms with Crippen molar-refractivity contribution in [3.63, 3.8) is 0 Å². The van der Waals surface area contributed by atoms with E-state index in [9.17, 15) is 4.79 Å². The van der Waals surface area contributed by atoms with Crippen LogP contribution in [0.1, 0.15) is 32.1 Å². The highest BCUT2D eigenvalue weighted by Crippen LogP contribution is 2.11. The van der Waals surface area contributed by atoms with E-state index in [4.69, 9.17) is 0 Å². The van der Waals surface area contributed by atoms with E-state index in [1.54, 1.807) is 0 Å². The summed E-state index contributed by atoms with van der Waals surface area (Å²) in [6.07, 6.45) is 7.53. The van der Waals surface area contributed by atoms with Crippen LogP contribution in [-0.4, -0.2) is 37.5 Å². The molecule has 1 aliphatic rings. The molecule has 0 radical (unpaired) electrons. The maximum atomic E-state index is 11.9. The molecule has 0 aromatic rings. The van der Waals surface area contributed by atoms with E-state index in [0.717, 1.165) is 38.9 Å². The van der Waals surface area contributed by atoms with Crippen molar-refractivity contribution in [3.8, 4) is 0 Å². The topological polar surface area (TPSA) is 32.3 Å². The highest BCUT2D eigenvalue weighted by molar-refractivity contribution is 5.85. The summed E-state index contributed by atoms with van der Waals surface area (Å²) in [7, 11) is 1.92. The number of allylic oxidation sites excluding steroid dienone is 1. The zero-order valence-electron chi connectivity index (χ0n) is 10.8. The van der Waals surface area contributed by atoms with Gasteiger partial charge in [-0.25, -0.2) is 0 Å². The first kappa shape index (κ1) is 16.5. The Morgan fingerprint density at radius 2 is 2.24 bits per heavy atom. The van der Waals surface area contributed by atoms with E-state index in [1.165, 1.54) is 12.8 Å². The largest absolute Gasteiger partial charge is 0.345 e. The van der Waals surface area contributed by atoms with Gasteiger partial charge in [0, 0.05) is 20.1 Å². The third-order valence-corrected chi connectivity index (χ3v) is 3.19. The fourth-order valence-electron chi connectivity index (χ4n) is 2.10. The fraction of sp³-hybridized carbons (Fsp3) is 0.769. The minimum absolute atomic E-state index is 0. The molecule has 100 valence electrons. The average molecular weight is 261 g/mol. The third kappa shape index (κ3) is 6.08. The summed E-state index contributed by atoms with van der Waals surface area (Å²) in [6, 6.07) is 0. The highest BCUT2D eigenvalue weighted by Gasteiger charge is 2.24. The van der Waals surface area contributed by atoms with E-state index in [-0.39, 0.29) is 18.3 Å². The van der Waals surface area contributed by atoms with Gasteiger partial charge in [-0.05, 0) is 32.2 Å². The molecule has 1 unspecified atom stereocenters. The van der Waals surface area contributed by atoms with Crippen molar-refractivity contribution in [2.75, 3.05) is 26.7 Å². The lowest BCUT2D eigenvalue weighted by atomic mass is 10.1. The van der Waals surface area contributed by atoms with E-state index in [2.05, 4.69) is 11.9 Å². The number of carbonyl (C=O) groups excluding carboxylic acids is 1. The molecule has 0 spiro atoms. The van der Waals surface area contributed by atoms with Crippen LogP contribution in [0.3, 0.4) is 0 Å². The summed E-state index contributed by atoms with van der Waals surface area (Å²) in [5.74, 6) is 0.534. The molecular formula is C13H25ClN2O. The Bertz CT molecular complexity index is 227. The van der Waals surface area contributed by atoms with Gasteiger partial charge in [0.15, 0.2) is 0 Å². The van der Waals surface area contributed by atoms with Crippen molar-refractivity contribution < 1.29 is 4.79 Å². The number of amides is 1. The fourth-order valence-corrected chi connectivity index (χ4v) is 2.10. The maximum absolute atomic E-state index is 11.9. The molecule has 1 heterocycles. The minimum atomic E-state index is 0. The second kappa shape index (κ2) is 9.49. The quantitative estimate of drug-likeness (QED) is 0.562. The Balaban J connectivity index is 0.00000256. The molecule has 0 aromatic heterocycles. The molecule has 3 nitrogen and oxygen atoms in total. The summed E-state index contributed by atoms with van der Waals surface area (Å²) < 4.78 is 0. The normalized spacial score (nSPS) is 18.5. The predicted octanol–water partition coefficient (Wildman–Crippen LogP) is 2.22. The molecule has 0 saturated carbocycles.